The number of rotatable bonds is 7. The Morgan fingerprint density at radius 2 is 2.03 bits per heavy atom. The Labute approximate surface area is 190 Å². The number of aliphatic carboxylic acids is 1. The minimum Gasteiger partial charge on any atom is -0.487 e. The van der Waals surface area contributed by atoms with Crippen LogP contribution in [-0.4, -0.2) is 32.4 Å². The van der Waals surface area contributed by atoms with Crippen LogP contribution in [-0.2, 0) is 11.2 Å². The SMILES string of the molecule is Cc1cc(Nc2cccc(CC3(C(=O)O)CCC(Oc4cccc(Cl)c4F)CC3)n2)n[nH]1. The maximum absolute atomic E-state index is 14.1. The number of H-pyrrole nitrogens is 1. The van der Waals surface area contributed by atoms with E-state index < -0.39 is 17.2 Å². The predicted molar refractivity (Wildman–Crippen MR) is 119 cm³/mol. The molecule has 9 heteroatoms. The second-order valence-electron chi connectivity index (χ2n) is 8.21. The molecular formula is C23H24ClFN4O3. The predicted octanol–water partition coefficient (Wildman–Crippen LogP) is 5.28. The molecule has 3 aromatic rings. The van der Waals surface area contributed by atoms with Crippen molar-refractivity contribution in [3.05, 3.63) is 64.7 Å². The average molecular weight is 459 g/mol. The molecule has 32 heavy (non-hydrogen) atoms. The topological polar surface area (TPSA) is 100 Å². The number of aromatic amines is 1. The summed E-state index contributed by atoms with van der Waals surface area (Å²) in [4.78, 5) is 16.8. The number of ether oxygens (including phenoxy) is 1. The van der Waals surface area contributed by atoms with Gasteiger partial charge >= 0.3 is 5.97 Å². The Morgan fingerprint density at radius 1 is 1.28 bits per heavy atom. The molecule has 0 bridgehead atoms. The van der Waals surface area contributed by atoms with E-state index in [-0.39, 0.29) is 16.9 Å². The van der Waals surface area contributed by atoms with Gasteiger partial charge in [-0.25, -0.2) is 9.37 Å². The van der Waals surface area contributed by atoms with Gasteiger partial charge in [0, 0.05) is 23.9 Å². The molecule has 0 radical (unpaired) electrons. The van der Waals surface area contributed by atoms with E-state index in [4.69, 9.17) is 16.3 Å². The molecule has 0 saturated heterocycles. The Balaban J connectivity index is 1.43. The van der Waals surface area contributed by atoms with E-state index >= 15 is 0 Å². The van der Waals surface area contributed by atoms with E-state index in [1.54, 1.807) is 6.07 Å². The van der Waals surface area contributed by atoms with E-state index in [0.717, 1.165) is 5.69 Å². The lowest BCUT2D eigenvalue weighted by atomic mass is 9.70. The summed E-state index contributed by atoms with van der Waals surface area (Å²) in [6.07, 6.45) is 1.86. The molecule has 1 saturated carbocycles. The fourth-order valence-corrected chi connectivity index (χ4v) is 4.26. The van der Waals surface area contributed by atoms with E-state index in [2.05, 4.69) is 20.5 Å². The summed E-state index contributed by atoms with van der Waals surface area (Å²) in [6.45, 7) is 1.90. The fraction of sp³-hybridized carbons (Fsp3) is 0.348. The maximum atomic E-state index is 14.1. The first kappa shape index (κ1) is 22.1. The maximum Gasteiger partial charge on any atom is 0.310 e. The third-order valence-corrected chi connectivity index (χ3v) is 6.13. The molecular weight excluding hydrogens is 435 g/mol. The number of benzene rings is 1. The van der Waals surface area contributed by atoms with E-state index in [0.29, 0.717) is 49.4 Å². The third-order valence-electron chi connectivity index (χ3n) is 5.84. The number of hydrogen-bond acceptors (Lipinski definition) is 5. The highest BCUT2D eigenvalue weighted by Gasteiger charge is 2.43. The van der Waals surface area contributed by atoms with Crippen LogP contribution in [0.5, 0.6) is 5.75 Å². The number of halogens is 2. The van der Waals surface area contributed by atoms with Crippen LogP contribution in [0.4, 0.5) is 16.0 Å². The van der Waals surface area contributed by atoms with Gasteiger partial charge in [0.15, 0.2) is 17.4 Å². The van der Waals surface area contributed by atoms with Crippen LogP contribution < -0.4 is 10.1 Å². The van der Waals surface area contributed by atoms with Gasteiger partial charge in [0.25, 0.3) is 0 Å². The summed E-state index contributed by atoms with van der Waals surface area (Å²) in [5.41, 5.74) is 0.663. The molecule has 168 valence electrons. The molecule has 1 aliphatic rings. The van der Waals surface area contributed by atoms with Crippen molar-refractivity contribution in [1.82, 2.24) is 15.2 Å². The van der Waals surface area contributed by atoms with Gasteiger partial charge < -0.3 is 15.2 Å². The number of carboxylic acids is 1. The van der Waals surface area contributed by atoms with Crippen LogP contribution in [0.25, 0.3) is 0 Å². The van der Waals surface area contributed by atoms with Gasteiger partial charge in [-0.3, -0.25) is 9.89 Å². The van der Waals surface area contributed by atoms with Crippen molar-refractivity contribution in [1.29, 1.82) is 0 Å². The number of hydrogen-bond donors (Lipinski definition) is 3. The summed E-state index contributed by atoms with van der Waals surface area (Å²) >= 11 is 5.82. The number of anilines is 2. The number of pyridine rings is 1. The molecule has 1 aromatic carbocycles. The van der Waals surface area contributed by atoms with Crippen molar-refractivity contribution >= 4 is 29.2 Å². The number of nitrogens with zero attached hydrogens (tertiary/aromatic N) is 2. The van der Waals surface area contributed by atoms with Crippen molar-refractivity contribution in [2.24, 2.45) is 5.41 Å². The molecule has 0 spiro atoms. The van der Waals surface area contributed by atoms with E-state index in [1.807, 2.05) is 31.2 Å². The normalized spacial score (nSPS) is 20.7. The molecule has 3 N–H and O–H groups in total. The number of aryl methyl sites for hydroxylation is 1. The van der Waals surface area contributed by atoms with Crippen LogP contribution in [0.15, 0.2) is 42.5 Å². The number of aromatic nitrogens is 3. The van der Waals surface area contributed by atoms with Gasteiger partial charge in [-0.2, -0.15) is 5.10 Å². The van der Waals surface area contributed by atoms with Crippen LogP contribution >= 0.6 is 11.6 Å². The van der Waals surface area contributed by atoms with E-state index in [9.17, 15) is 14.3 Å². The lowest BCUT2D eigenvalue weighted by Crippen LogP contribution is -2.40. The summed E-state index contributed by atoms with van der Waals surface area (Å²) in [6, 6.07) is 12.0. The zero-order chi connectivity index (χ0) is 22.7. The first-order valence-corrected chi connectivity index (χ1v) is 10.8. The van der Waals surface area contributed by atoms with Crippen LogP contribution in [0.1, 0.15) is 37.1 Å². The summed E-state index contributed by atoms with van der Waals surface area (Å²) in [5, 5.41) is 20.2. The summed E-state index contributed by atoms with van der Waals surface area (Å²) in [5.74, 6) is -0.105. The number of carbonyl (C=O) groups is 1. The molecule has 7 nitrogen and oxygen atoms in total. The number of nitrogens with one attached hydrogen (secondary N) is 2. The molecule has 0 amide bonds. The molecule has 0 aliphatic heterocycles. The van der Waals surface area contributed by atoms with Crippen LogP contribution in [0.3, 0.4) is 0 Å². The molecule has 0 atom stereocenters. The monoisotopic (exact) mass is 458 g/mol. The molecule has 0 unspecified atom stereocenters. The molecule has 2 aromatic heterocycles. The lowest BCUT2D eigenvalue weighted by molar-refractivity contribution is -0.152. The highest BCUT2D eigenvalue weighted by molar-refractivity contribution is 6.30. The molecule has 1 aliphatic carbocycles. The van der Waals surface area contributed by atoms with Crippen molar-refractivity contribution < 1.29 is 19.0 Å². The fourth-order valence-electron chi connectivity index (χ4n) is 4.09. The summed E-state index contributed by atoms with van der Waals surface area (Å²) < 4.78 is 19.9. The molecule has 4 rings (SSSR count). The lowest BCUT2D eigenvalue weighted by Gasteiger charge is -2.36. The van der Waals surface area contributed by atoms with Crippen LogP contribution in [0.2, 0.25) is 5.02 Å². The van der Waals surface area contributed by atoms with Gasteiger partial charge in [-0.05, 0) is 56.9 Å². The zero-order valence-electron chi connectivity index (χ0n) is 17.6. The first-order chi connectivity index (χ1) is 15.3. The molecule has 1 fully saturated rings. The van der Waals surface area contributed by atoms with Crippen molar-refractivity contribution in [2.45, 2.75) is 45.1 Å². The highest BCUT2D eigenvalue weighted by atomic mass is 35.5. The standard InChI is InChI=1S/C23H24ClFN4O3/c1-14-12-20(29-28-14)27-19-7-2-4-15(26-19)13-23(22(30)31)10-8-16(9-11-23)32-18-6-3-5-17(24)21(18)25/h2-7,12,16H,8-11,13H2,1H3,(H,30,31)(H2,26,27,28,29). The van der Waals surface area contributed by atoms with Crippen molar-refractivity contribution in [3.8, 4) is 5.75 Å². The van der Waals surface area contributed by atoms with Crippen molar-refractivity contribution in [2.75, 3.05) is 5.32 Å². The Kier molecular flexibility index (Phi) is 6.32. The zero-order valence-corrected chi connectivity index (χ0v) is 18.3. The third kappa shape index (κ3) is 4.85. The number of carboxylic acid groups (broad SMARTS) is 1. The Morgan fingerprint density at radius 3 is 2.72 bits per heavy atom. The second-order valence-corrected chi connectivity index (χ2v) is 8.61. The highest BCUT2D eigenvalue weighted by Crippen LogP contribution is 2.41. The first-order valence-electron chi connectivity index (χ1n) is 10.4. The van der Waals surface area contributed by atoms with Gasteiger partial charge in [-0.15, -0.1) is 0 Å². The van der Waals surface area contributed by atoms with Crippen molar-refractivity contribution in [3.63, 3.8) is 0 Å². The van der Waals surface area contributed by atoms with Gasteiger partial charge in [0.05, 0.1) is 16.5 Å². The minimum atomic E-state index is -0.943. The van der Waals surface area contributed by atoms with Gasteiger partial charge in [0.1, 0.15) is 5.82 Å². The second kappa shape index (κ2) is 9.16. The Hall–Kier alpha value is -3.13. The minimum absolute atomic E-state index is 0.00255. The quantitative estimate of drug-likeness (QED) is 0.445. The van der Waals surface area contributed by atoms with Crippen LogP contribution in [0, 0.1) is 18.2 Å². The largest absolute Gasteiger partial charge is 0.487 e. The van der Waals surface area contributed by atoms with E-state index in [1.165, 1.54) is 12.1 Å². The average Bonchev–Trinajstić information content (AvgIpc) is 3.17. The smallest absolute Gasteiger partial charge is 0.310 e. The van der Waals surface area contributed by atoms with Gasteiger partial charge in [0.2, 0.25) is 0 Å². The van der Waals surface area contributed by atoms with Gasteiger partial charge in [-0.1, -0.05) is 23.7 Å². The molecule has 2 heterocycles. The summed E-state index contributed by atoms with van der Waals surface area (Å²) in [7, 11) is 0. The Bertz CT molecular complexity index is 1110.